The van der Waals surface area contributed by atoms with Crippen LogP contribution >= 0.6 is 0 Å². The summed E-state index contributed by atoms with van der Waals surface area (Å²) in [5.74, 6) is -0.599. The van der Waals surface area contributed by atoms with Gasteiger partial charge in [-0.2, -0.15) is 0 Å². The van der Waals surface area contributed by atoms with Gasteiger partial charge in [-0.25, -0.2) is 13.2 Å². The average molecular weight is 437 g/mol. The van der Waals surface area contributed by atoms with Gasteiger partial charge in [0.25, 0.3) is 0 Å². The van der Waals surface area contributed by atoms with Crippen molar-refractivity contribution >= 4 is 0 Å². The van der Waals surface area contributed by atoms with Gasteiger partial charge in [-0.1, -0.05) is 36.4 Å². The van der Waals surface area contributed by atoms with E-state index >= 15 is 0 Å². The van der Waals surface area contributed by atoms with Gasteiger partial charge < -0.3 is 0 Å². The molecule has 32 heavy (non-hydrogen) atoms. The Bertz CT molecular complexity index is 1010. The van der Waals surface area contributed by atoms with E-state index in [1.165, 1.54) is 24.3 Å². The SMILES string of the molecule is Fc1ccc(C(c2ccc(F)cc2)N2CCC(N3CCc4c(F)cccc4C3)CC2)cc1. The first kappa shape index (κ1) is 21.2. The third-order valence-electron chi connectivity index (χ3n) is 6.99. The third kappa shape index (κ3) is 4.32. The zero-order chi connectivity index (χ0) is 22.1. The van der Waals surface area contributed by atoms with E-state index in [-0.39, 0.29) is 23.5 Å². The van der Waals surface area contributed by atoms with Crippen molar-refractivity contribution in [3.63, 3.8) is 0 Å². The Labute approximate surface area is 187 Å². The highest BCUT2D eigenvalue weighted by Gasteiger charge is 2.31. The maximum Gasteiger partial charge on any atom is 0.126 e. The molecule has 1 saturated heterocycles. The van der Waals surface area contributed by atoms with Gasteiger partial charge in [0, 0.05) is 32.2 Å². The molecule has 0 atom stereocenters. The molecular formula is C27H27F3N2. The summed E-state index contributed by atoms with van der Waals surface area (Å²) in [6, 6.07) is 19.1. The van der Waals surface area contributed by atoms with E-state index in [1.54, 1.807) is 12.1 Å². The highest BCUT2D eigenvalue weighted by Crippen LogP contribution is 2.33. The van der Waals surface area contributed by atoms with Gasteiger partial charge >= 0.3 is 0 Å². The van der Waals surface area contributed by atoms with Crippen LogP contribution in [0.5, 0.6) is 0 Å². The Hall–Kier alpha value is -2.63. The molecular weight excluding hydrogens is 409 g/mol. The molecule has 5 rings (SSSR count). The number of fused-ring (bicyclic) bond motifs is 1. The van der Waals surface area contributed by atoms with Gasteiger partial charge in [0.2, 0.25) is 0 Å². The summed E-state index contributed by atoms with van der Waals surface area (Å²) >= 11 is 0. The summed E-state index contributed by atoms with van der Waals surface area (Å²) in [6.07, 6.45) is 2.79. The Morgan fingerprint density at radius 2 is 1.31 bits per heavy atom. The van der Waals surface area contributed by atoms with Crippen molar-refractivity contribution in [2.45, 2.75) is 37.9 Å². The predicted octanol–water partition coefficient (Wildman–Crippen LogP) is 5.72. The molecule has 0 aromatic heterocycles. The molecule has 0 bridgehead atoms. The third-order valence-corrected chi connectivity index (χ3v) is 6.99. The fraction of sp³-hybridized carbons (Fsp3) is 0.333. The zero-order valence-corrected chi connectivity index (χ0v) is 18.0. The minimum absolute atomic E-state index is 0.0340. The molecule has 166 valence electrons. The van der Waals surface area contributed by atoms with Gasteiger partial charge in [0.15, 0.2) is 0 Å². The number of likely N-dealkylation sites (tertiary alicyclic amines) is 1. The highest BCUT2D eigenvalue weighted by molar-refractivity contribution is 5.33. The molecule has 0 saturated carbocycles. The molecule has 0 aliphatic carbocycles. The number of halogens is 3. The fourth-order valence-electron chi connectivity index (χ4n) is 5.31. The molecule has 5 heteroatoms. The van der Waals surface area contributed by atoms with Gasteiger partial charge in [-0.3, -0.25) is 9.80 Å². The zero-order valence-electron chi connectivity index (χ0n) is 18.0. The fourth-order valence-corrected chi connectivity index (χ4v) is 5.31. The topological polar surface area (TPSA) is 6.48 Å². The number of nitrogens with zero attached hydrogens (tertiary/aromatic N) is 2. The number of hydrogen-bond donors (Lipinski definition) is 0. The average Bonchev–Trinajstić information content (AvgIpc) is 2.82. The summed E-state index contributed by atoms with van der Waals surface area (Å²) in [5.41, 5.74) is 4.00. The molecule has 0 spiro atoms. The van der Waals surface area contributed by atoms with E-state index in [9.17, 15) is 13.2 Å². The van der Waals surface area contributed by atoms with Gasteiger partial charge in [0.1, 0.15) is 17.5 Å². The first-order chi connectivity index (χ1) is 15.6. The molecule has 2 heterocycles. The summed E-state index contributed by atoms with van der Waals surface area (Å²) in [5, 5.41) is 0. The smallest absolute Gasteiger partial charge is 0.126 e. The van der Waals surface area contributed by atoms with Crippen molar-refractivity contribution in [2.24, 2.45) is 0 Å². The first-order valence-corrected chi connectivity index (χ1v) is 11.3. The van der Waals surface area contributed by atoms with Crippen LogP contribution in [0.2, 0.25) is 0 Å². The molecule has 3 aromatic carbocycles. The number of benzene rings is 3. The van der Waals surface area contributed by atoms with E-state index < -0.39 is 0 Å². The largest absolute Gasteiger partial charge is 0.296 e. The predicted molar refractivity (Wildman–Crippen MR) is 120 cm³/mol. The Morgan fingerprint density at radius 3 is 1.91 bits per heavy atom. The molecule has 3 aromatic rings. The lowest BCUT2D eigenvalue weighted by molar-refractivity contribution is 0.0838. The maximum atomic E-state index is 14.1. The lowest BCUT2D eigenvalue weighted by atomic mass is 9.92. The van der Waals surface area contributed by atoms with Gasteiger partial charge in [0.05, 0.1) is 6.04 Å². The highest BCUT2D eigenvalue weighted by atomic mass is 19.1. The second kappa shape index (κ2) is 9.08. The van der Waals surface area contributed by atoms with Crippen molar-refractivity contribution < 1.29 is 13.2 Å². The van der Waals surface area contributed by atoms with Crippen molar-refractivity contribution in [2.75, 3.05) is 19.6 Å². The van der Waals surface area contributed by atoms with Gasteiger partial charge in [-0.15, -0.1) is 0 Å². The van der Waals surface area contributed by atoms with Crippen LogP contribution in [-0.2, 0) is 13.0 Å². The van der Waals surface area contributed by atoms with Crippen LogP contribution in [0.4, 0.5) is 13.2 Å². The molecule has 0 amide bonds. The summed E-state index contributed by atoms with van der Waals surface area (Å²) in [4.78, 5) is 4.90. The lowest BCUT2D eigenvalue weighted by Gasteiger charge is -2.43. The molecule has 2 aliphatic rings. The number of hydrogen-bond acceptors (Lipinski definition) is 2. The lowest BCUT2D eigenvalue weighted by Crippen LogP contribution is -2.47. The van der Waals surface area contributed by atoms with Crippen LogP contribution in [0, 0.1) is 17.5 Å². The second-order valence-corrected chi connectivity index (χ2v) is 8.87. The summed E-state index contributed by atoms with van der Waals surface area (Å²) in [6.45, 7) is 3.49. The van der Waals surface area contributed by atoms with Crippen LogP contribution in [-0.4, -0.2) is 35.5 Å². The van der Waals surface area contributed by atoms with E-state index in [4.69, 9.17) is 0 Å². The van der Waals surface area contributed by atoms with Crippen LogP contribution in [0.1, 0.15) is 41.1 Å². The van der Waals surface area contributed by atoms with Crippen molar-refractivity contribution in [3.8, 4) is 0 Å². The molecule has 0 N–H and O–H groups in total. The quantitative estimate of drug-likeness (QED) is 0.516. The molecule has 2 nitrogen and oxygen atoms in total. The van der Waals surface area contributed by atoms with Crippen molar-refractivity contribution in [1.29, 1.82) is 0 Å². The summed E-state index contributed by atoms with van der Waals surface area (Å²) < 4.78 is 41.2. The normalized spacial score (nSPS) is 18.1. The molecule has 2 aliphatic heterocycles. The molecule has 1 fully saturated rings. The minimum Gasteiger partial charge on any atom is -0.296 e. The Kier molecular flexibility index (Phi) is 6.03. The molecule has 0 unspecified atom stereocenters. The van der Waals surface area contributed by atoms with Crippen LogP contribution in [0.3, 0.4) is 0 Å². The van der Waals surface area contributed by atoms with Gasteiger partial charge in [-0.05, 0) is 71.8 Å². The second-order valence-electron chi connectivity index (χ2n) is 8.87. The molecule has 0 radical (unpaired) electrons. The van der Waals surface area contributed by atoms with Crippen LogP contribution in [0.25, 0.3) is 0 Å². The minimum atomic E-state index is -0.257. The first-order valence-electron chi connectivity index (χ1n) is 11.3. The van der Waals surface area contributed by atoms with E-state index in [0.29, 0.717) is 6.04 Å². The van der Waals surface area contributed by atoms with Crippen LogP contribution in [0.15, 0.2) is 66.7 Å². The van der Waals surface area contributed by atoms with Crippen molar-refractivity contribution in [3.05, 3.63) is 106 Å². The Morgan fingerprint density at radius 1 is 0.719 bits per heavy atom. The standard InChI is InChI=1S/C27H27F3N2/c28-22-8-4-19(5-9-22)27(20-6-10-23(29)11-7-20)31-15-12-24(13-16-31)32-17-14-25-21(18-32)2-1-3-26(25)30/h1-11,24,27H,12-18H2. The van der Waals surface area contributed by atoms with Crippen LogP contribution < -0.4 is 0 Å². The van der Waals surface area contributed by atoms with E-state index in [2.05, 4.69) is 9.80 Å². The number of rotatable bonds is 4. The maximum absolute atomic E-state index is 14.1. The van der Waals surface area contributed by atoms with E-state index in [0.717, 1.165) is 67.7 Å². The Balaban J connectivity index is 1.31. The summed E-state index contributed by atoms with van der Waals surface area (Å²) in [7, 11) is 0. The van der Waals surface area contributed by atoms with E-state index in [1.807, 2.05) is 30.3 Å². The van der Waals surface area contributed by atoms with Crippen molar-refractivity contribution in [1.82, 2.24) is 9.80 Å². The number of piperidine rings is 1. The monoisotopic (exact) mass is 436 g/mol.